The van der Waals surface area contributed by atoms with Gasteiger partial charge in [0, 0.05) is 31.7 Å². The first-order chi connectivity index (χ1) is 16.3. The Morgan fingerprint density at radius 2 is 1.56 bits per heavy atom. The molecule has 1 saturated heterocycles. The van der Waals surface area contributed by atoms with Crippen molar-refractivity contribution in [1.29, 1.82) is 0 Å². The van der Waals surface area contributed by atoms with E-state index >= 15 is 0 Å². The number of carbonyl (C=O) groups excluding carboxylic acids is 1. The first-order valence-corrected chi connectivity index (χ1v) is 12.0. The lowest BCUT2D eigenvalue weighted by Crippen LogP contribution is -2.50. The lowest BCUT2D eigenvalue weighted by atomic mass is 9.87. The van der Waals surface area contributed by atoms with Crippen molar-refractivity contribution in [3.63, 3.8) is 0 Å². The van der Waals surface area contributed by atoms with E-state index in [1.165, 1.54) is 11.1 Å². The maximum Gasteiger partial charge on any atom is 0.260 e. The van der Waals surface area contributed by atoms with Crippen molar-refractivity contribution >= 4 is 11.7 Å². The molecule has 0 bridgehead atoms. The van der Waals surface area contributed by atoms with Gasteiger partial charge in [0.05, 0.1) is 5.69 Å². The summed E-state index contributed by atoms with van der Waals surface area (Å²) in [5, 5.41) is 8.87. The largest absolute Gasteiger partial charge is 0.484 e. The normalized spacial score (nSPS) is 14.2. The Kier molecular flexibility index (Phi) is 7.15. The Balaban J connectivity index is 1.26. The van der Waals surface area contributed by atoms with Crippen LogP contribution < -0.4 is 9.64 Å². The van der Waals surface area contributed by atoms with Crippen molar-refractivity contribution in [1.82, 2.24) is 15.1 Å². The summed E-state index contributed by atoms with van der Waals surface area (Å²) in [7, 11) is 0. The van der Waals surface area contributed by atoms with Crippen LogP contribution in [0.3, 0.4) is 0 Å². The third kappa shape index (κ3) is 5.74. The summed E-state index contributed by atoms with van der Waals surface area (Å²) in [5.74, 6) is 1.58. The molecule has 0 spiro atoms. The molecule has 0 radical (unpaired) electrons. The average Bonchev–Trinajstić information content (AvgIpc) is 2.87. The summed E-state index contributed by atoms with van der Waals surface area (Å²) in [5.41, 5.74) is 4.59. The van der Waals surface area contributed by atoms with Crippen molar-refractivity contribution < 1.29 is 9.53 Å². The molecular formula is C28H34N4O2. The van der Waals surface area contributed by atoms with Crippen molar-refractivity contribution in [3.8, 4) is 17.0 Å². The second kappa shape index (κ2) is 10.2. The summed E-state index contributed by atoms with van der Waals surface area (Å²) in [6, 6.07) is 20.5. The van der Waals surface area contributed by atoms with Gasteiger partial charge in [-0.25, -0.2) is 0 Å². The molecule has 6 heteroatoms. The van der Waals surface area contributed by atoms with Crippen LogP contribution in [-0.4, -0.2) is 53.8 Å². The first kappa shape index (κ1) is 23.7. The summed E-state index contributed by atoms with van der Waals surface area (Å²) < 4.78 is 5.74. The predicted octanol–water partition coefficient (Wildman–Crippen LogP) is 4.73. The molecule has 3 aromatic rings. The number of amides is 1. The minimum atomic E-state index is 0.0107. The Hall–Kier alpha value is -3.41. The molecule has 2 heterocycles. The van der Waals surface area contributed by atoms with Gasteiger partial charge in [0.1, 0.15) is 5.75 Å². The number of ether oxygens (including phenoxy) is 1. The Bertz CT molecular complexity index is 1080. The number of nitrogens with zero attached hydrogens (tertiary/aromatic N) is 4. The monoisotopic (exact) mass is 458 g/mol. The number of hydrogen-bond acceptors (Lipinski definition) is 5. The van der Waals surface area contributed by atoms with E-state index in [1.54, 1.807) is 0 Å². The predicted molar refractivity (Wildman–Crippen MR) is 136 cm³/mol. The summed E-state index contributed by atoms with van der Waals surface area (Å²) >= 11 is 0. The van der Waals surface area contributed by atoms with Gasteiger partial charge in [-0.2, -0.15) is 0 Å². The number of hydrogen-bond donors (Lipinski definition) is 0. The minimum absolute atomic E-state index is 0.0107. The molecular weight excluding hydrogens is 424 g/mol. The van der Waals surface area contributed by atoms with Crippen molar-refractivity contribution in [3.05, 3.63) is 71.8 Å². The lowest BCUT2D eigenvalue weighted by Gasteiger charge is -2.35. The van der Waals surface area contributed by atoms with Crippen LogP contribution in [0.25, 0.3) is 11.3 Å². The van der Waals surface area contributed by atoms with E-state index in [0.717, 1.165) is 42.3 Å². The van der Waals surface area contributed by atoms with Gasteiger partial charge in [-0.3, -0.25) is 4.79 Å². The average molecular weight is 459 g/mol. The fourth-order valence-corrected chi connectivity index (χ4v) is 4.03. The van der Waals surface area contributed by atoms with Crippen LogP contribution in [0.1, 0.15) is 38.8 Å². The molecule has 178 valence electrons. The highest BCUT2D eigenvalue weighted by molar-refractivity contribution is 5.78. The molecule has 0 saturated carbocycles. The van der Waals surface area contributed by atoms with Gasteiger partial charge in [0.25, 0.3) is 5.91 Å². The summed E-state index contributed by atoms with van der Waals surface area (Å²) in [4.78, 5) is 16.7. The molecule has 1 amide bonds. The molecule has 0 aliphatic carbocycles. The number of anilines is 1. The molecule has 6 nitrogen and oxygen atoms in total. The second-order valence-corrected chi connectivity index (χ2v) is 9.76. The van der Waals surface area contributed by atoms with Gasteiger partial charge < -0.3 is 14.5 Å². The minimum Gasteiger partial charge on any atom is -0.484 e. The zero-order valence-corrected chi connectivity index (χ0v) is 20.6. The Morgan fingerprint density at radius 1 is 0.882 bits per heavy atom. The van der Waals surface area contributed by atoms with Crippen molar-refractivity contribution in [2.24, 2.45) is 0 Å². The van der Waals surface area contributed by atoms with Gasteiger partial charge in [-0.15, -0.1) is 10.2 Å². The smallest absolute Gasteiger partial charge is 0.260 e. The van der Waals surface area contributed by atoms with Crippen LogP contribution in [0, 0.1) is 0 Å². The molecule has 0 N–H and O–H groups in total. The summed E-state index contributed by atoms with van der Waals surface area (Å²) in [6.07, 6.45) is 1.02. The number of benzene rings is 2. The molecule has 2 aromatic carbocycles. The maximum atomic E-state index is 12.6. The SMILES string of the molecule is CCc1ccc(-c2ccc(N3CCN(C(=O)COc4ccc(C(C)(C)C)cc4)CC3)nn2)cc1. The van der Waals surface area contributed by atoms with Gasteiger partial charge >= 0.3 is 0 Å². The number of rotatable bonds is 6. The molecule has 1 aliphatic heterocycles. The van der Waals surface area contributed by atoms with E-state index in [4.69, 9.17) is 4.74 Å². The van der Waals surface area contributed by atoms with E-state index in [9.17, 15) is 4.79 Å². The lowest BCUT2D eigenvalue weighted by molar-refractivity contribution is -0.133. The van der Waals surface area contributed by atoms with Gasteiger partial charge in [-0.05, 0) is 47.2 Å². The van der Waals surface area contributed by atoms with Gasteiger partial charge in [0.15, 0.2) is 12.4 Å². The van der Waals surface area contributed by atoms with Crippen LogP contribution in [-0.2, 0) is 16.6 Å². The third-order valence-corrected chi connectivity index (χ3v) is 6.35. The Labute approximate surface area is 202 Å². The van der Waals surface area contributed by atoms with E-state index in [2.05, 4.69) is 79.2 Å². The van der Waals surface area contributed by atoms with Crippen LogP contribution in [0.4, 0.5) is 5.82 Å². The summed E-state index contributed by atoms with van der Waals surface area (Å²) in [6.45, 7) is 11.5. The molecule has 0 atom stereocenters. The highest BCUT2D eigenvalue weighted by Gasteiger charge is 2.22. The molecule has 1 aromatic heterocycles. The quantitative estimate of drug-likeness (QED) is 0.534. The number of aryl methyl sites for hydroxylation is 1. The topological polar surface area (TPSA) is 58.6 Å². The molecule has 34 heavy (non-hydrogen) atoms. The van der Waals surface area contributed by atoms with Gasteiger partial charge in [0.2, 0.25) is 0 Å². The number of aromatic nitrogens is 2. The molecule has 0 unspecified atom stereocenters. The highest BCUT2D eigenvalue weighted by atomic mass is 16.5. The third-order valence-electron chi connectivity index (χ3n) is 6.35. The highest BCUT2D eigenvalue weighted by Crippen LogP contribution is 2.24. The van der Waals surface area contributed by atoms with Crippen LogP contribution >= 0.6 is 0 Å². The van der Waals surface area contributed by atoms with Gasteiger partial charge in [-0.1, -0.05) is 64.1 Å². The first-order valence-electron chi connectivity index (χ1n) is 12.0. The fraction of sp³-hybridized carbons (Fsp3) is 0.393. The van der Waals surface area contributed by atoms with Crippen molar-refractivity contribution in [2.75, 3.05) is 37.7 Å². The number of piperazine rings is 1. The van der Waals surface area contributed by atoms with E-state index in [1.807, 2.05) is 29.2 Å². The fourth-order valence-electron chi connectivity index (χ4n) is 4.03. The number of carbonyl (C=O) groups is 1. The van der Waals surface area contributed by atoms with E-state index < -0.39 is 0 Å². The zero-order chi connectivity index (χ0) is 24.1. The van der Waals surface area contributed by atoms with Crippen LogP contribution in [0.5, 0.6) is 5.75 Å². The second-order valence-electron chi connectivity index (χ2n) is 9.76. The van der Waals surface area contributed by atoms with Crippen LogP contribution in [0.15, 0.2) is 60.7 Å². The van der Waals surface area contributed by atoms with E-state index in [-0.39, 0.29) is 17.9 Å². The molecule has 1 fully saturated rings. The molecule has 1 aliphatic rings. The van der Waals surface area contributed by atoms with E-state index in [0.29, 0.717) is 13.1 Å². The standard InChI is InChI=1S/C28H34N4O2/c1-5-21-6-8-22(9-7-21)25-14-15-26(30-29-25)31-16-18-32(19-17-31)27(33)20-34-24-12-10-23(11-13-24)28(2,3)4/h6-15H,5,16-20H2,1-4H3. The maximum absolute atomic E-state index is 12.6. The van der Waals surface area contributed by atoms with Crippen molar-refractivity contribution in [2.45, 2.75) is 39.5 Å². The van der Waals surface area contributed by atoms with Crippen LogP contribution in [0.2, 0.25) is 0 Å². The molecule has 4 rings (SSSR count). The zero-order valence-electron chi connectivity index (χ0n) is 20.6. The Morgan fingerprint density at radius 3 is 2.12 bits per heavy atom.